The molecule has 0 radical (unpaired) electrons. The zero-order valence-electron chi connectivity index (χ0n) is 9.77. The Morgan fingerprint density at radius 1 is 0.652 bits per heavy atom. The Labute approximate surface area is 116 Å². The van der Waals surface area contributed by atoms with E-state index in [4.69, 9.17) is 5.11 Å². The van der Waals surface area contributed by atoms with E-state index in [9.17, 15) is 61.9 Å². The Bertz CT molecular complexity index is 464. The monoisotopic (exact) mass is 376 g/mol. The molecule has 0 unspecified atom stereocenters. The third-order valence-corrected chi connectivity index (χ3v) is 2.32. The van der Waals surface area contributed by atoms with Crippen molar-refractivity contribution >= 4 is 5.97 Å². The number of halogens is 13. The van der Waals surface area contributed by atoms with Gasteiger partial charge in [0.1, 0.15) is 0 Å². The molecule has 1 N–H and O–H groups in total. The van der Waals surface area contributed by atoms with Crippen molar-refractivity contribution in [3.05, 3.63) is 11.4 Å². The van der Waals surface area contributed by atoms with Crippen molar-refractivity contribution in [1.29, 1.82) is 0 Å². The summed E-state index contributed by atoms with van der Waals surface area (Å²) in [7, 11) is 0. The van der Waals surface area contributed by atoms with Crippen molar-refractivity contribution in [3.8, 4) is 0 Å². The first-order chi connectivity index (χ1) is 9.73. The van der Waals surface area contributed by atoms with E-state index < -0.39 is 47.5 Å². The van der Waals surface area contributed by atoms with Gasteiger partial charge >= 0.3 is 36.1 Å². The summed E-state index contributed by atoms with van der Waals surface area (Å²) >= 11 is 0. The maximum Gasteiger partial charge on any atom is 0.425 e. The second-order valence-electron chi connectivity index (χ2n) is 3.74. The zero-order valence-corrected chi connectivity index (χ0v) is 9.77. The lowest BCUT2D eigenvalue weighted by atomic mass is 9.81. The summed E-state index contributed by atoms with van der Waals surface area (Å²) in [5, 5.41) is 7.92. The largest absolute Gasteiger partial charge is 0.478 e. The van der Waals surface area contributed by atoms with Crippen LogP contribution in [0.4, 0.5) is 57.1 Å². The topological polar surface area (TPSA) is 37.3 Å². The molecule has 0 aliphatic heterocycles. The number of hydrogen-bond donors (Lipinski definition) is 1. The van der Waals surface area contributed by atoms with Crippen LogP contribution < -0.4 is 0 Å². The van der Waals surface area contributed by atoms with Crippen LogP contribution in [0.1, 0.15) is 0 Å². The van der Waals surface area contributed by atoms with Crippen LogP contribution >= 0.6 is 0 Å². The number of allylic oxidation sites excluding steroid dienone is 1. The lowest BCUT2D eigenvalue weighted by Crippen LogP contribution is -2.60. The molecule has 0 bridgehead atoms. The molecule has 0 saturated heterocycles. The number of alkyl halides is 12. The van der Waals surface area contributed by atoms with Crippen LogP contribution in [0.15, 0.2) is 11.4 Å². The van der Waals surface area contributed by atoms with Gasteiger partial charge in [0.15, 0.2) is 11.4 Å². The maximum absolute atomic E-state index is 13.2. The summed E-state index contributed by atoms with van der Waals surface area (Å²) in [4.78, 5) is 10.1. The first-order valence-corrected chi connectivity index (χ1v) is 4.63. The first-order valence-electron chi connectivity index (χ1n) is 4.63. The van der Waals surface area contributed by atoms with Crippen molar-refractivity contribution in [2.45, 2.75) is 24.7 Å². The van der Waals surface area contributed by atoms with E-state index in [1.165, 1.54) is 0 Å². The van der Waals surface area contributed by atoms with Crippen LogP contribution in [0.5, 0.6) is 0 Å². The molecule has 0 aliphatic rings. The summed E-state index contributed by atoms with van der Waals surface area (Å²) in [6.45, 7) is 0. The van der Waals surface area contributed by atoms with Gasteiger partial charge in [-0.3, -0.25) is 0 Å². The summed E-state index contributed by atoms with van der Waals surface area (Å²) in [6.07, 6.45) is -29.9. The molecule has 0 heterocycles. The van der Waals surface area contributed by atoms with E-state index in [1.807, 2.05) is 0 Å². The quantitative estimate of drug-likeness (QED) is 0.568. The SMILES string of the molecule is O=C(O)C(=C(F)C(C(F)(F)F)(C(F)(F)F)C(F)(F)F)C(F)(F)F. The predicted molar refractivity (Wildman–Crippen MR) is 42.4 cm³/mol. The number of carbonyl (C=O) groups is 1. The summed E-state index contributed by atoms with van der Waals surface area (Å²) in [6, 6.07) is 0. The molecule has 0 fully saturated rings. The fourth-order valence-electron chi connectivity index (χ4n) is 1.38. The van der Waals surface area contributed by atoms with Gasteiger partial charge in [-0.05, 0) is 0 Å². The molecule has 0 aromatic rings. The second kappa shape index (κ2) is 5.43. The average molecular weight is 376 g/mol. The van der Waals surface area contributed by atoms with E-state index in [-0.39, 0.29) is 0 Å². The third-order valence-electron chi connectivity index (χ3n) is 2.32. The molecule has 23 heavy (non-hydrogen) atoms. The fourth-order valence-corrected chi connectivity index (χ4v) is 1.38. The lowest BCUT2D eigenvalue weighted by Gasteiger charge is -2.37. The Morgan fingerprint density at radius 3 is 1.04 bits per heavy atom. The number of carboxylic acid groups (broad SMARTS) is 1. The van der Waals surface area contributed by atoms with Crippen molar-refractivity contribution in [3.63, 3.8) is 0 Å². The number of rotatable bonds is 2. The highest BCUT2D eigenvalue weighted by Gasteiger charge is 2.87. The van der Waals surface area contributed by atoms with Crippen molar-refractivity contribution in [2.24, 2.45) is 5.41 Å². The molecular formula is C8HF13O2. The molecule has 15 heteroatoms. The Balaban J connectivity index is 7.30. The van der Waals surface area contributed by atoms with E-state index in [0.29, 0.717) is 0 Å². The van der Waals surface area contributed by atoms with Gasteiger partial charge in [0.25, 0.3) is 0 Å². The highest BCUT2D eigenvalue weighted by Crippen LogP contribution is 2.64. The van der Waals surface area contributed by atoms with Gasteiger partial charge in [0.2, 0.25) is 0 Å². The minimum absolute atomic E-state index is 3.79. The van der Waals surface area contributed by atoms with Gasteiger partial charge in [-0.1, -0.05) is 0 Å². The molecule has 0 rings (SSSR count). The third kappa shape index (κ3) is 3.31. The summed E-state index contributed by atoms with van der Waals surface area (Å²) in [5.41, 5.74) is -11.9. The molecule has 2 nitrogen and oxygen atoms in total. The average Bonchev–Trinajstić information content (AvgIpc) is 2.04. The number of aliphatic carboxylic acids is 1. The molecule has 0 aliphatic carbocycles. The zero-order chi connectivity index (χ0) is 19.2. The van der Waals surface area contributed by atoms with Gasteiger partial charge in [-0.2, -0.15) is 52.7 Å². The molecule has 0 atom stereocenters. The minimum atomic E-state index is -7.71. The van der Waals surface area contributed by atoms with Gasteiger partial charge in [0, 0.05) is 0 Å². The fraction of sp³-hybridized carbons (Fsp3) is 0.625. The standard InChI is InChI=1S/C8HF13O2/c9-2(1(3(22)23)5(10,11)12)4(6(13,14)15,7(16,17)18)8(19,20)21/h(H,22,23). The first kappa shape index (κ1) is 21.3. The molecule has 0 saturated carbocycles. The number of hydrogen-bond acceptors (Lipinski definition) is 1. The van der Waals surface area contributed by atoms with Crippen LogP contribution in [-0.2, 0) is 4.79 Å². The smallest absolute Gasteiger partial charge is 0.425 e. The van der Waals surface area contributed by atoms with Gasteiger partial charge < -0.3 is 5.11 Å². The van der Waals surface area contributed by atoms with Crippen LogP contribution in [-0.4, -0.2) is 35.8 Å². The molecule has 136 valence electrons. The van der Waals surface area contributed by atoms with Crippen LogP contribution in [0.25, 0.3) is 0 Å². The Kier molecular flexibility index (Phi) is 5.03. The van der Waals surface area contributed by atoms with E-state index in [2.05, 4.69) is 0 Å². The molecule has 0 aromatic carbocycles. The normalized spacial score (nSPS) is 16.2. The van der Waals surface area contributed by atoms with Crippen molar-refractivity contribution in [2.75, 3.05) is 0 Å². The highest BCUT2D eigenvalue weighted by atomic mass is 19.4. The molecule has 0 amide bonds. The van der Waals surface area contributed by atoms with Gasteiger partial charge in [-0.25, -0.2) is 9.18 Å². The molecule has 0 spiro atoms. The van der Waals surface area contributed by atoms with Gasteiger partial charge in [0.05, 0.1) is 0 Å². The van der Waals surface area contributed by atoms with E-state index in [0.717, 1.165) is 0 Å². The maximum atomic E-state index is 13.2. The second-order valence-corrected chi connectivity index (χ2v) is 3.74. The summed E-state index contributed by atoms with van der Waals surface area (Å²) < 4.78 is 161. The Morgan fingerprint density at radius 2 is 0.913 bits per heavy atom. The van der Waals surface area contributed by atoms with Crippen molar-refractivity contribution < 1.29 is 67.0 Å². The molecule has 0 aromatic heterocycles. The highest BCUT2D eigenvalue weighted by molar-refractivity contribution is 5.89. The Hall–Kier alpha value is -1.70. The molecular weight excluding hydrogens is 375 g/mol. The van der Waals surface area contributed by atoms with Gasteiger partial charge in [-0.15, -0.1) is 0 Å². The summed E-state index contributed by atoms with van der Waals surface area (Å²) in [5.74, 6) is -8.78. The minimum Gasteiger partial charge on any atom is -0.478 e. The van der Waals surface area contributed by atoms with Crippen molar-refractivity contribution in [1.82, 2.24) is 0 Å². The van der Waals surface area contributed by atoms with Crippen LogP contribution in [0.3, 0.4) is 0 Å². The predicted octanol–water partition coefficient (Wildman–Crippen LogP) is 4.53. The van der Waals surface area contributed by atoms with E-state index in [1.54, 1.807) is 0 Å². The number of carboxylic acids is 1. The van der Waals surface area contributed by atoms with Crippen LogP contribution in [0.2, 0.25) is 0 Å². The lowest BCUT2D eigenvalue weighted by molar-refractivity contribution is -0.416. The van der Waals surface area contributed by atoms with Crippen LogP contribution in [0, 0.1) is 5.41 Å². The van der Waals surface area contributed by atoms with E-state index >= 15 is 0 Å².